The second kappa shape index (κ2) is 4.76. The molecule has 2 N–H and O–H groups in total. The molecule has 2 heterocycles. The van der Waals surface area contributed by atoms with Gasteiger partial charge in [-0.2, -0.15) is 0 Å². The second-order valence-corrected chi connectivity index (χ2v) is 4.30. The summed E-state index contributed by atoms with van der Waals surface area (Å²) in [5, 5.41) is 18.6. The Kier molecular flexibility index (Phi) is 3.36. The van der Waals surface area contributed by atoms with E-state index < -0.39 is 0 Å². The number of nitrogens with zero attached hydrogens (tertiary/aromatic N) is 3. The highest BCUT2D eigenvalue weighted by atomic mass is 16.3. The van der Waals surface area contributed by atoms with Gasteiger partial charge in [-0.15, -0.1) is 0 Å². The van der Waals surface area contributed by atoms with Crippen molar-refractivity contribution in [1.29, 1.82) is 0 Å². The molecule has 0 spiro atoms. The lowest BCUT2D eigenvalue weighted by atomic mass is 9.96. The van der Waals surface area contributed by atoms with E-state index >= 15 is 0 Å². The maximum absolute atomic E-state index is 9.78. The van der Waals surface area contributed by atoms with E-state index in [-0.39, 0.29) is 12.7 Å². The molecule has 5 heteroatoms. The zero-order valence-corrected chi connectivity index (χ0v) is 9.37. The lowest BCUT2D eigenvalue weighted by Crippen LogP contribution is -2.43. The fourth-order valence-corrected chi connectivity index (χ4v) is 1.85. The van der Waals surface area contributed by atoms with E-state index in [0.29, 0.717) is 18.2 Å². The summed E-state index contributed by atoms with van der Waals surface area (Å²) in [5.41, 5.74) is 0.565. The van der Waals surface area contributed by atoms with Crippen LogP contribution in [0.25, 0.3) is 0 Å². The highest BCUT2D eigenvalue weighted by Crippen LogP contribution is 2.21. The van der Waals surface area contributed by atoms with Crippen molar-refractivity contribution in [3.8, 4) is 0 Å². The van der Waals surface area contributed by atoms with Crippen molar-refractivity contribution in [1.82, 2.24) is 9.97 Å². The van der Waals surface area contributed by atoms with Gasteiger partial charge in [0.25, 0.3) is 0 Å². The summed E-state index contributed by atoms with van der Waals surface area (Å²) in [5.74, 6) is 1.11. The first-order valence-corrected chi connectivity index (χ1v) is 5.55. The third-order valence-corrected chi connectivity index (χ3v) is 3.10. The van der Waals surface area contributed by atoms with E-state index in [1.807, 2.05) is 4.90 Å². The Bertz CT molecular complexity index is 342. The molecule has 2 atom stereocenters. The molecule has 1 aromatic heterocycles. The van der Waals surface area contributed by atoms with Gasteiger partial charge < -0.3 is 15.1 Å². The minimum Gasteiger partial charge on any atom is -0.391 e. The second-order valence-electron chi connectivity index (χ2n) is 4.30. The van der Waals surface area contributed by atoms with Gasteiger partial charge in [0, 0.05) is 13.1 Å². The predicted octanol–water partition coefficient (Wildman–Crippen LogP) is 0.176. The van der Waals surface area contributed by atoms with Gasteiger partial charge in [0.2, 0.25) is 0 Å². The summed E-state index contributed by atoms with van der Waals surface area (Å²) >= 11 is 0. The molecule has 0 radical (unpaired) electrons. The van der Waals surface area contributed by atoms with Gasteiger partial charge in [0.1, 0.15) is 5.82 Å². The highest BCUT2D eigenvalue weighted by molar-refractivity contribution is 5.36. The number of aliphatic hydroxyl groups excluding tert-OH is 2. The number of aromatic nitrogens is 2. The van der Waals surface area contributed by atoms with E-state index in [2.05, 4.69) is 16.9 Å². The minimum absolute atomic E-state index is 0.0903. The third-order valence-electron chi connectivity index (χ3n) is 3.10. The molecule has 0 saturated carbocycles. The first-order chi connectivity index (χ1) is 7.70. The van der Waals surface area contributed by atoms with Crippen LogP contribution in [0, 0.1) is 5.92 Å². The summed E-state index contributed by atoms with van der Waals surface area (Å²) in [6.07, 6.45) is 3.88. The third kappa shape index (κ3) is 2.31. The molecule has 0 bridgehead atoms. The Morgan fingerprint density at radius 2 is 2.25 bits per heavy atom. The zero-order valence-electron chi connectivity index (χ0n) is 9.37. The van der Waals surface area contributed by atoms with Crippen molar-refractivity contribution in [2.24, 2.45) is 5.92 Å². The lowest BCUT2D eigenvalue weighted by molar-refractivity contribution is 0.102. The van der Waals surface area contributed by atoms with Gasteiger partial charge in [-0.1, -0.05) is 6.92 Å². The Labute approximate surface area is 94.8 Å². The predicted molar refractivity (Wildman–Crippen MR) is 60.0 cm³/mol. The summed E-state index contributed by atoms with van der Waals surface area (Å²) in [6, 6.07) is 0. The van der Waals surface area contributed by atoms with Crippen LogP contribution >= 0.6 is 0 Å². The molecule has 16 heavy (non-hydrogen) atoms. The van der Waals surface area contributed by atoms with Crippen LogP contribution in [0.5, 0.6) is 0 Å². The number of piperidine rings is 1. The number of aliphatic hydroxyl groups is 2. The SMILES string of the molecule is CC1CCN(c2cnc(CO)cn2)CC1O. The van der Waals surface area contributed by atoms with Crippen molar-refractivity contribution in [2.45, 2.75) is 26.1 Å². The van der Waals surface area contributed by atoms with Crippen molar-refractivity contribution in [3.05, 3.63) is 18.1 Å². The Hall–Kier alpha value is -1.20. The van der Waals surface area contributed by atoms with Crippen molar-refractivity contribution in [2.75, 3.05) is 18.0 Å². The fourth-order valence-electron chi connectivity index (χ4n) is 1.85. The largest absolute Gasteiger partial charge is 0.391 e. The highest BCUT2D eigenvalue weighted by Gasteiger charge is 2.24. The van der Waals surface area contributed by atoms with Crippen LogP contribution in [0.15, 0.2) is 12.4 Å². The van der Waals surface area contributed by atoms with Gasteiger partial charge >= 0.3 is 0 Å². The molecule has 2 rings (SSSR count). The molecule has 0 aromatic carbocycles. The molecular formula is C11H17N3O2. The summed E-state index contributed by atoms with van der Waals surface area (Å²) in [4.78, 5) is 10.3. The minimum atomic E-state index is -0.298. The molecule has 88 valence electrons. The summed E-state index contributed by atoms with van der Waals surface area (Å²) in [6.45, 7) is 3.47. The first-order valence-electron chi connectivity index (χ1n) is 5.55. The standard InChI is InChI=1S/C11H17N3O2/c1-8-2-3-14(6-10(8)16)11-5-12-9(7-15)4-13-11/h4-5,8,10,15-16H,2-3,6-7H2,1H3. The number of anilines is 1. The quantitative estimate of drug-likeness (QED) is 0.748. The van der Waals surface area contributed by atoms with Gasteiger partial charge in [-0.3, -0.25) is 4.98 Å². The summed E-state index contributed by atoms with van der Waals surface area (Å²) in [7, 11) is 0. The first kappa shape index (κ1) is 11.3. The number of rotatable bonds is 2. The monoisotopic (exact) mass is 223 g/mol. The summed E-state index contributed by atoms with van der Waals surface area (Å²) < 4.78 is 0. The van der Waals surface area contributed by atoms with Crippen molar-refractivity contribution in [3.63, 3.8) is 0 Å². The van der Waals surface area contributed by atoms with Crippen LogP contribution in [0.2, 0.25) is 0 Å². The van der Waals surface area contributed by atoms with Crippen LogP contribution in [-0.4, -0.2) is 39.4 Å². The van der Waals surface area contributed by atoms with Crippen molar-refractivity contribution < 1.29 is 10.2 Å². The van der Waals surface area contributed by atoms with Crippen molar-refractivity contribution >= 4 is 5.82 Å². The number of hydrogen-bond donors (Lipinski definition) is 2. The molecule has 1 fully saturated rings. The molecule has 2 unspecified atom stereocenters. The van der Waals surface area contributed by atoms with Gasteiger partial charge in [0.15, 0.2) is 0 Å². The molecule has 0 aliphatic carbocycles. The average molecular weight is 223 g/mol. The molecule has 5 nitrogen and oxygen atoms in total. The van der Waals surface area contributed by atoms with E-state index in [1.165, 1.54) is 0 Å². The van der Waals surface area contributed by atoms with Gasteiger partial charge in [0.05, 0.1) is 30.8 Å². The van der Waals surface area contributed by atoms with Crippen LogP contribution in [0.4, 0.5) is 5.82 Å². The topological polar surface area (TPSA) is 69.5 Å². The maximum atomic E-state index is 9.78. The molecular weight excluding hydrogens is 206 g/mol. The van der Waals surface area contributed by atoms with Crippen LogP contribution in [0.3, 0.4) is 0 Å². The molecule has 1 aliphatic heterocycles. The van der Waals surface area contributed by atoms with Crippen LogP contribution < -0.4 is 4.90 Å². The Morgan fingerprint density at radius 3 is 2.81 bits per heavy atom. The van der Waals surface area contributed by atoms with E-state index in [9.17, 15) is 5.11 Å². The van der Waals surface area contributed by atoms with Crippen LogP contribution in [-0.2, 0) is 6.61 Å². The molecule has 1 aliphatic rings. The number of hydrogen-bond acceptors (Lipinski definition) is 5. The normalized spacial score (nSPS) is 25.8. The Morgan fingerprint density at radius 1 is 1.44 bits per heavy atom. The molecule has 1 saturated heterocycles. The van der Waals surface area contributed by atoms with E-state index in [1.54, 1.807) is 12.4 Å². The fraction of sp³-hybridized carbons (Fsp3) is 0.636. The zero-order chi connectivity index (χ0) is 11.5. The molecule has 1 aromatic rings. The smallest absolute Gasteiger partial charge is 0.147 e. The van der Waals surface area contributed by atoms with Gasteiger partial charge in [-0.25, -0.2) is 4.98 Å². The number of β-amino-alcohol motifs (C(OH)–C–C–N with tert-alkyl or cyclic N) is 1. The van der Waals surface area contributed by atoms with E-state index in [0.717, 1.165) is 18.8 Å². The van der Waals surface area contributed by atoms with Gasteiger partial charge in [-0.05, 0) is 12.3 Å². The van der Waals surface area contributed by atoms with Crippen LogP contribution in [0.1, 0.15) is 19.0 Å². The maximum Gasteiger partial charge on any atom is 0.147 e. The average Bonchev–Trinajstić information content (AvgIpc) is 2.33. The lowest BCUT2D eigenvalue weighted by Gasteiger charge is -2.34. The molecule has 0 amide bonds. The Balaban J connectivity index is 2.06. The van der Waals surface area contributed by atoms with E-state index in [4.69, 9.17) is 5.11 Å².